The lowest BCUT2D eigenvalue weighted by Crippen LogP contribution is -2.23. The number of carbonyl (C=O) groups is 2. The van der Waals surface area contributed by atoms with Crippen LogP contribution in [0.2, 0.25) is 0 Å². The van der Waals surface area contributed by atoms with Gasteiger partial charge >= 0.3 is 5.97 Å². The van der Waals surface area contributed by atoms with Crippen molar-refractivity contribution >= 4 is 18.1 Å². The summed E-state index contributed by atoms with van der Waals surface area (Å²) in [7, 11) is 0. The number of esters is 1. The molecule has 0 aromatic heterocycles. The Morgan fingerprint density at radius 2 is 2.12 bits per heavy atom. The van der Waals surface area contributed by atoms with E-state index < -0.39 is 5.97 Å². The van der Waals surface area contributed by atoms with Crippen LogP contribution in [0.3, 0.4) is 0 Å². The average Bonchev–Trinajstić information content (AvgIpc) is 3.09. The van der Waals surface area contributed by atoms with Crippen LogP contribution < -0.4 is 10.6 Å². The van der Waals surface area contributed by atoms with Gasteiger partial charge in [-0.2, -0.15) is 0 Å². The topological polar surface area (TPSA) is 89.0 Å². The van der Waals surface area contributed by atoms with E-state index in [4.69, 9.17) is 9.47 Å². The Labute approximate surface area is 189 Å². The monoisotopic (exact) mass is 437 g/mol. The summed E-state index contributed by atoms with van der Waals surface area (Å²) in [6.45, 7) is 5.03. The summed E-state index contributed by atoms with van der Waals surface area (Å²) < 4.78 is 10.7. The summed E-state index contributed by atoms with van der Waals surface area (Å²) in [5.74, 6) is -0.0245. The second-order valence-electron chi connectivity index (χ2n) is 7.17. The molecule has 1 amide bonds. The Balaban J connectivity index is 1.68. The quantitative estimate of drug-likeness (QED) is 0.224. The largest absolute Gasteiger partial charge is 0.482 e. The Morgan fingerprint density at radius 1 is 1.28 bits per heavy atom. The van der Waals surface area contributed by atoms with Crippen LogP contribution in [-0.4, -0.2) is 44.4 Å². The van der Waals surface area contributed by atoms with E-state index in [2.05, 4.69) is 15.6 Å². The number of carbonyl (C=O) groups excluding carboxylic acids is 2. The van der Waals surface area contributed by atoms with Crippen molar-refractivity contribution in [3.8, 4) is 0 Å². The number of ether oxygens (including phenoxy) is 2. The van der Waals surface area contributed by atoms with Crippen LogP contribution in [0.15, 0.2) is 89.0 Å². The fourth-order valence-corrected chi connectivity index (χ4v) is 2.63. The maximum Gasteiger partial charge on any atom is 0.344 e. The van der Waals surface area contributed by atoms with Crippen molar-refractivity contribution in [2.75, 3.05) is 26.3 Å². The fraction of sp³-hybridized carbons (Fsp3) is 0.320. The summed E-state index contributed by atoms with van der Waals surface area (Å²) in [5, 5.41) is 5.89. The molecule has 0 saturated heterocycles. The normalized spacial score (nSPS) is 16.9. The highest BCUT2D eigenvalue weighted by Crippen LogP contribution is 2.07. The first-order valence-electron chi connectivity index (χ1n) is 10.6. The Kier molecular flexibility index (Phi) is 11.1. The third-order valence-electron chi connectivity index (χ3n) is 4.49. The molecule has 7 heteroatoms. The highest BCUT2D eigenvalue weighted by Gasteiger charge is 2.07. The van der Waals surface area contributed by atoms with Crippen LogP contribution in [0.1, 0.15) is 20.3 Å². The molecule has 1 atom stereocenters. The number of nitrogens with one attached hydrogen (secondary N) is 2. The van der Waals surface area contributed by atoms with Gasteiger partial charge in [-0.05, 0) is 67.0 Å². The molecule has 0 bridgehead atoms. The SMILES string of the molecule is C/C=C(\C=C/C(C)/C=C/C(=O)NCC1=CN=CC=CC1)OCC(=O)OCC1=CCNC=C1. The predicted octanol–water partition coefficient (Wildman–Crippen LogP) is 3.27. The van der Waals surface area contributed by atoms with Gasteiger partial charge in [-0.15, -0.1) is 0 Å². The zero-order valence-corrected chi connectivity index (χ0v) is 18.6. The third kappa shape index (κ3) is 10.4. The van der Waals surface area contributed by atoms with Gasteiger partial charge in [0.2, 0.25) is 5.91 Å². The van der Waals surface area contributed by atoms with Crippen LogP contribution >= 0.6 is 0 Å². The Bertz CT molecular complexity index is 889. The van der Waals surface area contributed by atoms with E-state index in [1.54, 1.807) is 30.6 Å². The number of aliphatic imine (C=N–C) groups is 1. The van der Waals surface area contributed by atoms with Crippen LogP contribution in [-0.2, 0) is 19.1 Å². The van der Waals surface area contributed by atoms with Gasteiger partial charge < -0.3 is 20.1 Å². The summed E-state index contributed by atoms with van der Waals surface area (Å²) in [5.41, 5.74) is 1.99. The zero-order valence-electron chi connectivity index (χ0n) is 18.6. The third-order valence-corrected chi connectivity index (χ3v) is 4.49. The van der Waals surface area contributed by atoms with E-state index in [-0.39, 0.29) is 25.0 Å². The summed E-state index contributed by atoms with van der Waals surface area (Å²) in [4.78, 5) is 28.0. The fourth-order valence-electron chi connectivity index (χ4n) is 2.63. The molecule has 0 saturated carbocycles. The highest BCUT2D eigenvalue weighted by atomic mass is 16.6. The van der Waals surface area contributed by atoms with Crippen molar-refractivity contribution in [1.29, 1.82) is 0 Å². The molecule has 0 spiro atoms. The van der Waals surface area contributed by atoms with Crippen molar-refractivity contribution in [3.63, 3.8) is 0 Å². The molecule has 0 radical (unpaired) electrons. The number of hydrogen-bond donors (Lipinski definition) is 2. The van der Waals surface area contributed by atoms with Gasteiger partial charge in [0.1, 0.15) is 12.4 Å². The number of amides is 1. The van der Waals surface area contributed by atoms with Crippen LogP contribution in [0.5, 0.6) is 0 Å². The highest BCUT2D eigenvalue weighted by molar-refractivity contribution is 5.87. The van der Waals surface area contributed by atoms with E-state index in [1.165, 1.54) is 6.08 Å². The van der Waals surface area contributed by atoms with E-state index in [9.17, 15) is 9.59 Å². The van der Waals surface area contributed by atoms with Crippen LogP contribution in [0.25, 0.3) is 0 Å². The number of rotatable bonds is 11. The van der Waals surface area contributed by atoms with Gasteiger partial charge in [-0.3, -0.25) is 9.79 Å². The van der Waals surface area contributed by atoms with Gasteiger partial charge in [-0.1, -0.05) is 31.2 Å². The first-order chi connectivity index (χ1) is 15.6. The van der Waals surface area contributed by atoms with Crippen molar-refractivity contribution in [3.05, 3.63) is 84.0 Å². The first-order valence-corrected chi connectivity index (χ1v) is 10.6. The summed E-state index contributed by atoms with van der Waals surface area (Å²) in [6.07, 6.45) is 22.6. The molecule has 170 valence electrons. The number of dihydropyridines is 1. The molecular formula is C25H31N3O4. The molecule has 2 N–H and O–H groups in total. The van der Waals surface area contributed by atoms with Crippen molar-refractivity contribution in [2.24, 2.45) is 10.9 Å². The molecule has 32 heavy (non-hydrogen) atoms. The minimum Gasteiger partial charge on any atom is -0.482 e. The average molecular weight is 438 g/mol. The summed E-state index contributed by atoms with van der Waals surface area (Å²) in [6, 6.07) is 0. The van der Waals surface area contributed by atoms with E-state index in [0.29, 0.717) is 12.3 Å². The van der Waals surface area contributed by atoms with Gasteiger partial charge in [-0.25, -0.2) is 4.79 Å². The van der Waals surface area contributed by atoms with Crippen LogP contribution in [0.4, 0.5) is 0 Å². The van der Waals surface area contributed by atoms with Crippen molar-refractivity contribution in [2.45, 2.75) is 20.3 Å². The van der Waals surface area contributed by atoms with Gasteiger partial charge in [0.05, 0.1) is 0 Å². The molecule has 7 nitrogen and oxygen atoms in total. The predicted molar refractivity (Wildman–Crippen MR) is 127 cm³/mol. The standard InChI is InChI=1S/C25H31N3O4/c1-3-23(31-19-25(30)32-18-21-11-14-26-15-12-21)9-7-20(2)8-10-24(29)28-17-22-6-4-5-13-27-16-22/h3-5,7-14,16,20,26H,6,15,17-19H2,1-2H3,(H,28,29)/b9-7-,10-8+,23-3+. The lowest BCUT2D eigenvalue weighted by molar-refractivity contribution is -0.146. The second-order valence-corrected chi connectivity index (χ2v) is 7.17. The van der Waals surface area contributed by atoms with Gasteiger partial charge in [0, 0.05) is 25.5 Å². The minimum atomic E-state index is -0.430. The minimum absolute atomic E-state index is 0.00881. The number of nitrogens with zero attached hydrogens (tertiary/aromatic N) is 1. The smallest absolute Gasteiger partial charge is 0.344 e. The maximum absolute atomic E-state index is 12.0. The van der Waals surface area contributed by atoms with Gasteiger partial charge in [0.15, 0.2) is 6.61 Å². The Hall–Kier alpha value is -3.61. The maximum atomic E-state index is 12.0. The molecule has 2 rings (SSSR count). The molecule has 2 aliphatic rings. The van der Waals surface area contributed by atoms with Crippen molar-refractivity contribution in [1.82, 2.24) is 10.6 Å². The first kappa shape index (κ1) is 24.7. The van der Waals surface area contributed by atoms with Gasteiger partial charge in [0.25, 0.3) is 0 Å². The number of allylic oxidation sites excluding steroid dienone is 6. The van der Waals surface area contributed by atoms with E-state index in [0.717, 1.165) is 24.1 Å². The zero-order chi connectivity index (χ0) is 23.0. The lowest BCUT2D eigenvalue weighted by Gasteiger charge is -2.10. The lowest BCUT2D eigenvalue weighted by atomic mass is 10.1. The van der Waals surface area contributed by atoms with Crippen molar-refractivity contribution < 1.29 is 19.1 Å². The second kappa shape index (κ2) is 14.4. The molecule has 2 heterocycles. The molecule has 2 aliphatic heterocycles. The van der Waals surface area contributed by atoms with E-state index >= 15 is 0 Å². The Morgan fingerprint density at radius 3 is 2.91 bits per heavy atom. The van der Waals surface area contributed by atoms with E-state index in [1.807, 2.05) is 50.4 Å². The molecule has 0 aliphatic carbocycles. The molecule has 0 aromatic carbocycles. The number of hydrogen-bond acceptors (Lipinski definition) is 6. The molecular weight excluding hydrogens is 406 g/mol. The van der Waals surface area contributed by atoms with Crippen LogP contribution in [0, 0.1) is 5.92 Å². The molecule has 0 fully saturated rings. The molecule has 1 unspecified atom stereocenters. The molecule has 0 aromatic rings. The summed E-state index contributed by atoms with van der Waals surface area (Å²) >= 11 is 0.